The fourth-order valence-electron chi connectivity index (χ4n) is 1.44. The number of hydrogen-bond acceptors (Lipinski definition) is 4. The van der Waals surface area contributed by atoms with Crippen molar-refractivity contribution in [1.82, 2.24) is 10.0 Å². The molecule has 0 saturated heterocycles. The molecule has 7 heteroatoms. The predicted molar refractivity (Wildman–Crippen MR) is 77.2 cm³/mol. The van der Waals surface area contributed by atoms with E-state index >= 15 is 0 Å². The van der Waals surface area contributed by atoms with Gasteiger partial charge in [-0.1, -0.05) is 22.9 Å². The van der Waals surface area contributed by atoms with Crippen LogP contribution >= 0.6 is 15.9 Å². The lowest BCUT2D eigenvalue weighted by molar-refractivity contribution is 0.575. The third-order valence-corrected chi connectivity index (χ3v) is 4.23. The number of rotatable bonds is 7. The average molecular weight is 346 g/mol. The summed E-state index contributed by atoms with van der Waals surface area (Å²) >= 11 is 3.19. The molecule has 0 bridgehead atoms. The summed E-state index contributed by atoms with van der Waals surface area (Å²) in [5.74, 6) is 0. The van der Waals surface area contributed by atoms with E-state index in [4.69, 9.17) is 5.26 Å². The lowest BCUT2D eigenvalue weighted by atomic mass is 10.2. The molecule has 104 valence electrons. The van der Waals surface area contributed by atoms with Crippen LogP contribution in [0, 0.1) is 11.3 Å². The zero-order valence-corrected chi connectivity index (χ0v) is 13.0. The zero-order valence-electron chi connectivity index (χ0n) is 10.6. The Hall–Kier alpha value is -0.940. The Morgan fingerprint density at radius 2 is 2.00 bits per heavy atom. The molecule has 1 aromatic rings. The molecule has 0 aliphatic rings. The van der Waals surface area contributed by atoms with Gasteiger partial charge in [0.05, 0.1) is 16.5 Å². The first kappa shape index (κ1) is 16.1. The average Bonchev–Trinajstić information content (AvgIpc) is 2.37. The molecule has 0 radical (unpaired) electrons. The van der Waals surface area contributed by atoms with E-state index in [9.17, 15) is 8.42 Å². The lowest BCUT2D eigenvalue weighted by Crippen LogP contribution is -2.32. The minimum absolute atomic E-state index is 0.0916. The van der Waals surface area contributed by atoms with Gasteiger partial charge in [0.2, 0.25) is 10.0 Å². The maximum Gasteiger partial charge on any atom is 0.240 e. The van der Waals surface area contributed by atoms with Gasteiger partial charge in [0.25, 0.3) is 0 Å². The highest BCUT2D eigenvalue weighted by atomic mass is 79.9. The molecule has 0 fully saturated rings. The quantitative estimate of drug-likeness (QED) is 0.735. The molecule has 0 aliphatic heterocycles. The van der Waals surface area contributed by atoms with Crippen molar-refractivity contribution < 1.29 is 8.42 Å². The van der Waals surface area contributed by atoms with E-state index in [1.54, 1.807) is 6.07 Å². The summed E-state index contributed by atoms with van der Waals surface area (Å²) in [5, 5.41) is 11.9. The molecular formula is C12H16BrN3O2S. The molecule has 0 spiro atoms. The Labute approximate surface area is 122 Å². The molecule has 0 aliphatic carbocycles. The highest BCUT2D eigenvalue weighted by Crippen LogP contribution is 2.18. The van der Waals surface area contributed by atoms with Gasteiger partial charge < -0.3 is 5.32 Å². The van der Waals surface area contributed by atoms with Gasteiger partial charge >= 0.3 is 0 Å². The Kier molecular flexibility index (Phi) is 6.45. The van der Waals surface area contributed by atoms with Gasteiger partial charge in [-0.25, -0.2) is 13.1 Å². The zero-order chi connectivity index (χ0) is 14.3. The van der Waals surface area contributed by atoms with E-state index in [0.29, 0.717) is 23.1 Å². The van der Waals surface area contributed by atoms with Crippen LogP contribution in [0.15, 0.2) is 27.6 Å². The van der Waals surface area contributed by atoms with Gasteiger partial charge in [-0.2, -0.15) is 5.26 Å². The molecule has 5 nitrogen and oxygen atoms in total. The second kappa shape index (κ2) is 7.60. The number of halogens is 1. The molecule has 0 unspecified atom stereocenters. The van der Waals surface area contributed by atoms with Gasteiger partial charge in [0, 0.05) is 17.6 Å². The van der Waals surface area contributed by atoms with Crippen LogP contribution in [0.25, 0.3) is 0 Å². The fourth-order valence-corrected chi connectivity index (χ4v) is 3.19. The van der Waals surface area contributed by atoms with Gasteiger partial charge in [-0.3, -0.25) is 0 Å². The third-order valence-electron chi connectivity index (χ3n) is 2.33. The van der Waals surface area contributed by atoms with Crippen LogP contribution in [0.1, 0.15) is 18.9 Å². The number of nitrogens with one attached hydrogen (secondary N) is 2. The van der Waals surface area contributed by atoms with Crippen LogP contribution in [-0.2, 0) is 10.0 Å². The molecule has 2 N–H and O–H groups in total. The first-order chi connectivity index (χ1) is 8.99. The number of nitriles is 1. The molecule has 19 heavy (non-hydrogen) atoms. The van der Waals surface area contributed by atoms with Crippen LogP contribution < -0.4 is 10.0 Å². The second-order valence-electron chi connectivity index (χ2n) is 3.94. The van der Waals surface area contributed by atoms with Gasteiger partial charge in [-0.15, -0.1) is 0 Å². The SMILES string of the molecule is CCCNCCNS(=O)(=O)c1cc(Br)cc(C#N)c1. The van der Waals surface area contributed by atoms with Gasteiger partial charge in [-0.05, 0) is 31.2 Å². The summed E-state index contributed by atoms with van der Waals surface area (Å²) in [5.41, 5.74) is 0.304. The number of sulfonamides is 1. The van der Waals surface area contributed by atoms with Crippen LogP contribution in [0.5, 0.6) is 0 Å². The first-order valence-electron chi connectivity index (χ1n) is 5.90. The van der Waals surface area contributed by atoms with E-state index in [0.717, 1.165) is 13.0 Å². The Morgan fingerprint density at radius 3 is 2.63 bits per heavy atom. The summed E-state index contributed by atoms with van der Waals surface area (Å²) in [7, 11) is -3.57. The molecule has 0 atom stereocenters. The van der Waals surface area contributed by atoms with Crippen LogP contribution in [-0.4, -0.2) is 28.1 Å². The standard InChI is InChI=1S/C12H16BrN3O2S/c1-2-3-15-4-5-16-19(17,18)12-7-10(9-14)6-11(13)8-12/h6-8,15-16H,2-5H2,1H3. The Balaban J connectivity index is 2.72. The largest absolute Gasteiger partial charge is 0.315 e. The fraction of sp³-hybridized carbons (Fsp3) is 0.417. The molecule has 0 saturated carbocycles. The summed E-state index contributed by atoms with van der Waals surface area (Å²) in [6.07, 6.45) is 1.00. The molecule has 0 amide bonds. The van der Waals surface area contributed by atoms with E-state index < -0.39 is 10.0 Å². The van der Waals surface area contributed by atoms with Crippen molar-refractivity contribution in [2.75, 3.05) is 19.6 Å². The van der Waals surface area contributed by atoms with Crippen LogP contribution in [0.2, 0.25) is 0 Å². The number of nitrogens with zero attached hydrogens (tertiary/aromatic N) is 1. The third kappa shape index (κ3) is 5.28. The minimum atomic E-state index is -3.57. The molecule has 1 rings (SSSR count). The molecule has 1 aromatic carbocycles. The van der Waals surface area contributed by atoms with E-state index in [1.807, 2.05) is 13.0 Å². The molecular weight excluding hydrogens is 330 g/mol. The monoisotopic (exact) mass is 345 g/mol. The van der Waals surface area contributed by atoms with Gasteiger partial charge in [0.15, 0.2) is 0 Å². The van der Waals surface area contributed by atoms with Crippen molar-refractivity contribution in [2.45, 2.75) is 18.2 Å². The Morgan fingerprint density at radius 1 is 1.26 bits per heavy atom. The van der Waals surface area contributed by atoms with Crippen molar-refractivity contribution >= 4 is 26.0 Å². The second-order valence-corrected chi connectivity index (χ2v) is 6.62. The maximum absolute atomic E-state index is 12.0. The van der Waals surface area contributed by atoms with E-state index in [1.165, 1.54) is 12.1 Å². The number of hydrogen-bond donors (Lipinski definition) is 2. The minimum Gasteiger partial charge on any atom is -0.315 e. The van der Waals surface area contributed by atoms with E-state index in [-0.39, 0.29) is 4.90 Å². The van der Waals surface area contributed by atoms with Crippen molar-refractivity contribution in [2.24, 2.45) is 0 Å². The summed E-state index contributed by atoms with van der Waals surface area (Å²) in [6.45, 7) is 3.79. The van der Waals surface area contributed by atoms with Gasteiger partial charge in [0.1, 0.15) is 0 Å². The normalized spacial score (nSPS) is 11.2. The van der Waals surface area contributed by atoms with Crippen LogP contribution in [0.4, 0.5) is 0 Å². The van der Waals surface area contributed by atoms with Crippen molar-refractivity contribution in [3.63, 3.8) is 0 Å². The summed E-state index contributed by atoms with van der Waals surface area (Å²) < 4.78 is 27.1. The Bertz CT molecular complexity index is 567. The van der Waals surface area contributed by atoms with Crippen LogP contribution in [0.3, 0.4) is 0 Å². The highest BCUT2D eigenvalue weighted by molar-refractivity contribution is 9.10. The summed E-state index contributed by atoms with van der Waals surface area (Å²) in [6, 6.07) is 6.33. The molecule has 0 heterocycles. The summed E-state index contributed by atoms with van der Waals surface area (Å²) in [4.78, 5) is 0.0916. The van der Waals surface area contributed by atoms with Crippen molar-refractivity contribution in [3.8, 4) is 6.07 Å². The smallest absolute Gasteiger partial charge is 0.240 e. The van der Waals surface area contributed by atoms with Crippen molar-refractivity contribution in [1.29, 1.82) is 5.26 Å². The first-order valence-corrected chi connectivity index (χ1v) is 8.18. The predicted octanol–water partition coefficient (Wildman–Crippen LogP) is 1.60. The highest BCUT2D eigenvalue weighted by Gasteiger charge is 2.14. The molecule has 0 aromatic heterocycles. The van der Waals surface area contributed by atoms with E-state index in [2.05, 4.69) is 26.0 Å². The maximum atomic E-state index is 12.0. The van der Waals surface area contributed by atoms with Crippen molar-refractivity contribution in [3.05, 3.63) is 28.2 Å². The lowest BCUT2D eigenvalue weighted by Gasteiger charge is -2.08. The number of benzene rings is 1. The topological polar surface area (TPSA) is 82.0 Å².